The Morgan fingerprint density at radius 2 is 1.84 bits per heavy atom. The number of rotatable bonds is 5. The summed E-state index contributed by atoms with van der Waals surface area (Å²) in [5, 5.41) is 21.5. The molecule has 9 heteroatoms. The molecular formula is C16H18N8O. The van der Waals surface area contributed by atoms with Crippen LogP contribution in [0, 0.1) is 0 Å². The number of anilines is 4. The predicted octanol–water partition coefficient (Wildman–Crippen LogP) is 1.67. The Kier molecular flexibility index (Phi) is 4.55. The van der Waals surface area contributed by atoms with E-state index in [0.29, 0.717) is 11.5 Å². The van der Waals surface area contributed by atoms with Gasteiger partial charge in [-0.25, -0.2) is 0 Å². The minimum atomic E-state index is -0.307. The number of carbonyl (C=O) groups is 1. The summed E-state index contributed by atoms with van der Waals surface area (Å²) in [7, 11) is 5.59. The summed E-state index contributed by atoms with van der Waals surface area (Å²) in [4.78, 5) is 14.0. The molecule has 2 heterocycles. The van der Waals surface area contributed by atoms with Crippen LogP contribution in [0.3, 0.4) is 0 Å². The van der Waals surface area contributed by atoms with Crippen LogP contribution in [0.4, 0.5) is 22.9 Å². The average molecular weight is 338 g/mol. The van der Waals surface area contributed by atoms with Crippen molar-refractivity contribution in [2.75, 3.05) is 29.6 Å². The highest BCUT2D eigenvalue weighted by Gasteiger charge is 2.10. The molecule has 0 unspecified atom stereocenters. The van der Waals surface area contributed by atoms with Crippen molar-refractivity contribution in [3.05, 3.63) is 48.4 Å². The van der Waals surface area contributed by atoms with Crippen LogP contribution in [0.5, 0.6) is 0 Å². The minimum absolute atomic E-state index is 0.264. The average Bonchev–Trinajstić information content (AvgIpc) is 3.03. The van der Waals surface area contributed by atoms with E-state index >= 15 is 0 Å². The van der Waals surface area contributed by atoms with Gasteiger partial charge in [-0.3, -0.25) is 9.48 Å². The lowest BCUT2D eigenvalue weighted by molar-refractivity contribution is 0.102. The third-order valence-corrected chi connectivity index (χ3v) is 3.41. The van der Waals surface area contributed by atoms with Crippen molar-refractivity contribution in [3.63, 3.8) is 0 Å². The molecule has 0 bridgehead atoms. The van der Waals surface area contributed by atoms with Crippen LogP contribution in [-0.4, -0.2) is 45.2 Å². The molecule has 0 spiro atoms. The number of benzene rings is 1. The molecule has 25 heavy (non-hydrogen) atoms. The summed E-state index contributed by atoms with van der Waals surface area (Å²) in [5.74, 6) is 0.334. The van der Waals surface area contributed by atoms with Crippen LogP contribution in [0.1, 0.15) is 10.5 Å². The second-order valence-corrected chi connectivity index (χ2v) is 5.63. The third-order valence-electron chi connectivity index (χ3n) is 3.41. The van der Waals surface area contributed by atoms with Crippen molar-refractivity contribution in [3.8, 4) is 0 Å². The molecule has 0 fully saturated rings. The van der Waals surface area contributed by atoms with Crippen LogP contribution < -0.4 is 15.5 Å². The second-order valence-electron chi connectivity index (χ2n) is 5.63. The molecule has 2 N–H and O–H groups in total. The third kappa shape index (κ3) is 4.08. The first kappa shape index (κ1) is 16.4. The Morgan fingerprint density at radius 1 is 1.12 bits per heavy atom. The van der Waals surface area contributed by atoms with E-state index in [9.17, 15) is 4.79 Å². The number of nitrogens with zero attached hydrogens (tertiary/aromatic N) is 6. The molecule has 0 aliphatic rings. The highest BCUT2D eigenvalue weighted by molar-refractivity contribution is 6.02. The van der Waals surface area contributed by atoms with Crippen LogP contribution in [-0.2, 0) is 7.05 Å². The minimum Gasteiger partial charge on any atom is -0.376 e. The Morgan fingerprint density at radius 3 is 2.48 bits per heavy atom. The van der Waals surface area contributed by atoms with Crippen molar-refractivity contribution in [2.45, 2.75) is 0 Å². The molecule has 0 aliphatic carbocycles. The molecule has 0 atom stereocenters. The lowest BCUT2D eigenvalue weighted by atomic mass is 10.2. The number of nitrogens with one attached hydrogen (secondary N) is 2. The quantitative estimate of drug-likeness (QED) is 0.729. The van der Waals surface area contributed by atoms with Gasteiger partial charge in [-0.1, -0.05) is 5.21 Å². The predicted molar refractivity (Wildman–Crippen MR) is 95.0 cm³/mol. The monoisotopic (exact) mass is 338 g/mol. The van der Waals surface area contributed by atoms with Crippen LogP contribution >= 0.6 is 0 Å². The molecule has 0 aliphatic heterocycles. The number of carbonyl (C=O) groups excluding carboxylic acids is 1. The molecular weight excluding hydrogens is 320 g/mol. The van der Waals surface area contributed by atoms with Gasteiger partial charge in [-0.15, -0.1) is 10.2 Å². The van der Waals surface area contributed by atoms with Gasteiger partial charge in [0.05, 0.1) is 18.1 Å². The normalized spacial score (nSPS) is 10.4. The largest absolute Gasteiger partial charge is 0.376 e. The summed E-state index contributed by atoms with van der Waals surface area (Å²) < 4.78 is 1.48. The maximum atomic E-state index is 12.0. The van der Waals surface area contributed by atoms with E-state index < -0.39 is 0 Å². The van der Waals surface area contributed by atoms with Gasteiger partial charge in [0.1, 0.15) is 0 Å². The summed E-state index contributed by atoms with van der Waals surface area (Å²) in [6, 6.07) is 9.17. The zero-order valence-corrected chi connectivity index (χ0v) is 14.1. The van der Waals surface area contributed by atoms with E-state index in [1.807, 2.05) is 37.2 Å². The van der Waals surface area contributed by atoms with E-state index in [1.165, 1.54) is 4.68 Å². The molecule has 3 rings (SSSR count). The lowest BCUT2D eigenvalue weighted by Gasteiger charge is -2.13. The number of hydrogen-bond acceptors (Lipinski definition) is 7. The van der Waals surface area contributed by atoms with Gasteiger partial charge in [-0.2, -0.15) is 5.10 Å². The molecule has 9 nitrogen and oxygen atoms in total. The van der Waals surface area contributed by atoms with Crippen molar-refractivity contribution < 1.29 is 4.79 Å². The second kappa shape index (κ2) is 6.95. The fourth-order valence-electron chi connectivity index (χ4n) is 2.09. The Hall–Kier alpha value is -3.49. The molecule has 0 saturated carbocycles. The van der Waals surface area contributed by atoms with Gasteiger partial charge in [0.25, 0.3) is 5.91 Å². The van der Waals surface area contributed by atoms with Crippen molar-refractivity contribution in [2.24, 2.45) is 7.05 Å². The highest BCUT2D eigenvalue weighted by Crippen LogP contribution is 2.20. The highest BCUT2D eigenvalue weighted by atomic mass is 16.2. The van der Waals surface area contributed by atoms with Crippen LogP contribution in [0.25, 0.3) is 0 Å². The summed E-state index contributed by atoms with van der Waals surface area (Å²) in [6.07, 6.45) is 3.25. The number of amides is 1. The maximum Gasteiger partial charge on any atom is 0.277 e. The molecule has 0 radical (unpaired) electrons. The lowest BCUT2D eigenvalue weighted by Crippen LogP contribution is -2.12. The summed E-state index contributed by atoms with van der Waals surface area (Å²) >= 11 is 0. The Labute approximate surface area is 144 Å². The van der Waals surface area contributed by atoms with Gasteiger partial charge in [0, 0.05) is 38.6 Å². The first-order chi connectivity index (χ1) is 12.0. The van der Waals surface area contributed by atoms with Gasteiger partial charge in [0.2, 0.25) is 0 Å². The zero-order valence-electron chi connectivity index (χ0n) is 14.1. The number of aromatic nitrogens is 5. The molecule has 1 amide bonds. The van der Waals surface area contributed by atoms with E-state index in [2.05, 4.69) is 31.1 Å². The smallest absolute Gasteiger partial charge is 0.277 e. The first-order valence-corrected chi connectivity index (χ1v) is 7.56. The first-order valence-electron chi connectivity index (χ1n) is 7.56. The van der Waals surface area contributed by atoms with Crippen molar-refractivity contribution in [1.29, 1.82) is 0 Å². The van der Waals surface area contributed by atoms with Crippen LogP contribution in [0.2, 0.25) is 0 Å². The van der Waals surface area contributed by atoms with E-state index in [1.54, 1.807) is 31.6 Å². The SMILES string of the molecule is CN(C)c1cnnc(Nc2ccc(NC(=O)c3cn(C)nn3)cc2)c1. The molecule has 128 valence electrons. The van der Waals surface area contributed by atoms with E-state index in [0.717, 1.165) is 11.4 Å². The molecule has 2 aromatic heterocycles. The number of aryl methyl sites for hydroxylation is 1. The van der Waals surface area contributed by atoms with Gasteiger partial charge in [-0.05, 0) is 24.3 Å². The zero-order chi connectivity index (χ0) is 17.8. The fraction of sp³-hybridized carbons (Fsp3) is 0.188. The van der Waals surface area contributed by atoms with Gasteiger partial charge in [0.15, 0.2) is 11.5 Å². The van der Waals surface area contributed by atoms with E-state index in [-0.39, 0.29) is 11.6 Å². The summed E-state index contributed by atoms with van der Waals surface area (Å²) in [5.41, 5.74) is 2.71. The maximum absolute atomic E-state index is 12.0. The Balaban J connectivity index is 1.66. The van der Waals surface area contributed by atoms with Gasteiger partial charge < -0.3 is 15.5 Å². The molecule has 3 aromatic rings. The topological polar surface area (TPSA) is 101 Å². The molecule has 1 aromatic carbocycles. The Bertz CT molecular complexity index is 872. The van der Waals surface area contributed by atoms with Gasteiger partial charge >= 0.3 is 0 Å². The fourth-order valence-corrected chi connectivity index (χ4v) is 2.09. The van der Waals surface area contributed by atoms with Crippen molar-refractivity contribution >= 4 is 28.8 Å². The van der Waals surface area contributed by atoms with E-state index in [4.69, 9.17) is 0 Å². The number of hydrogen-bond donors (Lipinski definition) is 2. The van der Waals surface area contributed by atoms with Crippen molar-refractivity contribution in [1.82, 2.24) is 25.2 Å². The van der Waals surface area contributed by atoms with Crippen LogP contribution in [0.15, 0.2) is 42.7 Å². The summed E-state index contributed by atoms with van der Waals surface area (Å²) in [6.45, 7) is 0. The standard InChI is InChI=1S/C16H18N8O/c1-23(2)13-8-15(21-17-9-13)18-11-4-6-12(7-5-11)19-16(25)14-10-24(3)22-20-14/h4-10H,1-3H3,(H,18,21)(H,19,25). The molecule has 0 saturated heterocycles.